The molecule has 0 saturated carbocycles. The van der Waals surface area contributed by atoms with Crippen LogP contribution in [0.3, 0.4) is 0 Å². The topological polar surface area (TPSA) is 90.1 Å². The van der Waals surface area contributed by atoms with Crippen molar-refractivity contribution in [1.29, 1.82) is 0 Å². The van der Waals surface area contributed by atoms with Gasteiger partial charge in [-0.25, -0.2) is 0 Å². The summed E-state index contributed by atoms with van der Waals surface area (Å²) in [6.07, 6.45) is 0. The summed E-state index contributed by atoms with van der Waals surface area (Å²) < 4.78 is 0. The molecule has 0 heterocycles. The highest BCUT2D eigenvalue weighted by Crippen LogP contribution is 2.20. The van der Waals surface area contributed by atoms with Gasteiger partial charge in [0.1, 0.15) is 0 Å². The number of nitrogens with two attached hydrogens (primary N) is 3. The fraction of sp³-hybridized carbons (Fsp3) is 0.0769. The first-order valence-corrected chi connectivity index (χ1v) is 5.39. The fourth-order valence-electron chi connectivity index (χ4n) is 1.62. The van der Waals surface area contributed by atoms with Gasteiger partial charge in [-0.05, 0) is 36.4 Å². The van der Waals surface area contributed by atoms with E-state index in [4.69, 9.17) is 17.2 Å². The summed E-state index contributed by atoms with van der Waals surface area (Å²) >= 11 is 0. The average Bonchev–Trinajstić information content (AvgIpc) is 2.31. The highest BCUT2D eigenvalue weighted by atomic mass is 14.9. The summed E-state index contributed by atoms with van der Waals surface area (Å²) in [6.45, 7) is 0.600. The third-order valence-corrected chi connectivity index (χ3v) is 2.63. The van der Waals surface area contributed by atoms with E-state index in [0.29, 0.717) is 17.9 Å². The molecule has 0 atom stereocenters. The molecule has 4 nitrogen and oxygen atoms in total. The van der Waals surface area contributed by atoms with Crippen LogP contribution in [0, 0.1) is 0 Å². The van der Waals surface area contributed by atoms with E-state index < -0.39 is 0 Å². The van der Waals surface area contributed by atoms with Crippen molar-refractivity contribution in [2.45, 2.75) is 6.54 Å². The number of rotatable bonds is 3. The maximum atomic E-state index is 5.87. The second-order valence-electron chi connectivity index (χ2n) is 3.89. The third-order valence-electron chi connectivity index (χ3n) is 2.63. The highest BCUT2D eigenvalue weighted by molar-refractivity contribution is 5.62. The van der Waals surface area contributed by atoms with Gasteiger partial charge in [0, 0.05) is 34.9 Å². The summed E-state index contributed by atoms with van der Waals surface area (Å²) in [6, 6.07) is 13.1. The molecule has 0 radical (unpaired) electrons. The van der Waals surface area contributed by atoms with Crippen molar-refractivity contribution >= 4 is 22.7 Å². The van der Waals surface area contributed by atoms with Crippen molar-refractivity contribution in [1.82, 2.24) is 0 Å². The molecule has 4 heteroatoms. The van der Waals surface area contributed by atoms with Gasteiger partial charge in [0.05, 0.1) is 0 Å². The molecule has 0 unspecified atom stereocenters. The molecule has 2 aromatic rings. The molecule has 0 aromatic heterocycles. The van der Waals surface area contributed by atoms with Gasteiger partial charge < -0.3 is 22.5 Å². The van der Waals surface area contributed by atoms with Crippen molar-refractivity contribution in [2.24, 2.45) is 0 Å². The molecule has 0 aliphatic carbocycles. The Morgan fingerprint density at radius 3 is 2.00 bits per heavy atom. The molecular weight excluding hydrogens is 212 g/mol. The Morgan fingerprint density at radius 2 is 1.41 bits per heavy atom. The van der Waals surface area contributed by atoms with Crippen LogP contribution in [0.15, 0.2) is 42.5 Å². The van der Waals surface area contributed by atoms with Crippen molar-refractivity contribution in [3.05, 3.63) is 48.0 Å². The lowest BCUT2D eigenvalue weighted by atomic mass is 10.1. The van der Waals surface area contributed by atoms with E-state index in [1.54, 1.807) is 0 Å². The number of hydrogen-bond donors (Lipinski definition) is 4. The second kappa shape index (κ2) is 4.65. The number of benzene rings is 2. The lowest BCUT2D eigenvalue weighted by Gasteiger charge is -2.11. The minimum absolute atomic E-state index is 0.600. The fourth-order valence-corrected chi connectivity index (χ4v) is 1.62. The van der Waals surface area contributed by atoms with Crippen LogP contribution in [0.2, 0.25) is 0 Å². The van der Waals surface area contributed by atoms with Crippen LogP contribution in [0.25, 0.3) is 0 Å². The summed E-state index contributed by atoms with van der Waals surface area (Å²) in [7, 11) is 0. The minimum Gasteiger partial charge on any atom is -0.399 e. The zero-order valence-corrected chi connectivity index (χ0v) is 9.48. The molecular formula is C13H16N4. The number of hydrogen-bond acceptors (Lipinski definition) is 4. The van der Waals surface area contributed by atoms with Crippen molar-refractivity contribution < 1.29 is 0 Å². The molecule has 0 aliphatic rings. The van der Waals surface area contributed by atoms with Crippen LogP contribution >= 0.6 is 0 Å². The largest absolute Gasteiger partial charge is 0.399 e. The van der Waals surface area contributed by atoms with Gasteiger partial charge in [-0.1, -0.05) is 6.07 Å². The zero-order chi connectivity index (χ0) is 12.3. The van der Waals surface area contributed by atoms with E-state index in [-0.39, 0.29) is 0 Å². The van der Waals surface area contributed by atoms with Crippen LogP contribution in [-0.4, -0.2) is 0 Å². The molecule has 17 heavy (non-hydrogen) atoms. The number of nitrogen functional groups attached to an aromatic ring is 3. The van der Waals surface area contributed by atoms with E-state index >= 15 is 0 Å². The van der Waals surface area contributed by atoms with Gasteiger partial charge in [0.2, 0.25) is 0 Å². The first-order valence-electron chi connectivity index (χ1n) is 5.39. The first kappa shape index (κ1) is 11.1. The Bertz CT molecular complexity index is 485. The standard InChI is InChI=1S/C13H16N4/c14-9-4-6-10(7-5-9)17-8-11-12(15)2-1-3-13(11)16/h1-7,17H,8,14-16H2. The minimum atomic E-state index is 0.600. The maximum Gasteiger partial charge on any atom is 0.0441 e. The van der Waals surface area contributed by atoms with Gasteiger partial charge in [-0.15, -0.1) is 0 Å². The Morgan fingerprint density at radius 1 is 0.824 bits per heavy atom. The Labute approximate surface area is 100 Å². The van der Waals surface area contributed by atoms with E-state index in [1.165, 1.54) is 0 Å². The molecule has 0 spiro atoms. The molecule has 0 amide bonds. The first-order chi connectivity index (χ1) is 8.16. The van der Waals surface area contributed by atoms with E-state index in [2.05, 4.69) is 5.32 Å². The van der Waals surface area contributed by atoms with Crippen LogP contribution in [0.4, 0.5) is 22.7 Å². The summed E-state index contributed by atoms with van der Waals surface area (Å²) in [5.74, 6) is 0. The molecule has 0 aliphatic heterocycles. The van der Waals surface area contributed by atoms with E-state index in [1.807, 2.05) is 42.5 Å². The Kier molecular flexibility index (Phi) is 3.05. The summed E-state index contributed by atoms with van der Waals surface area (Å²) in [4.78, 5) is 0. The number of nitrogens with one attached hydrogen (secondary N) is 1. The molecule has 0 fully saturated rings. The van der Waals surface area contributed by atoms with Crippen LogP contribution in [0.1, 0.15) is 5.56 Å². The van der Waals surface area contributed by atoms with Crippen LogP contribution < -0.4 is 22.5 Å². The molecule has 88 valence electrons. The quantitative estimate of drug-likeness (QED) is 0.605. The third kappa shape index (κ3) is 2.60. The molecule has 0 saturated heterocycles. The smallest absolute Gasteiger partial charge is 0.0441 e. The SMILES string of the molecule is Nc1ccc(NCc2c(N)cccc2N)cc1. The lowest BCUT2D eigenvalue weighted by Crippen LogP contribution is -2.06. The summed E-state index contributed by atoms with van der Waals surface area (Å²) in [5, 5.41) is 3.25. The van der Waals surface area contributed by atoms with Crippen molar-refractivity contribution in [3.63, 3.8) is 0 Å². The van der Waals surface area contributed by atoms with E-state index in [0.717, 1.165) is 16.9 Å². The van der Waals surface area contributed by atoms with Gasteiger partial charge in [0.15, 0.2) is 0 Å². The normalized spacial score (nSPS) is 10.1. The van der Waals surface area contributed by atoms with Crippen LogP contribution in [0.5, 0.6) is 0 Å². The van der Waals surface area contributed by atoms with Crippen molar-refractivity contribution in [3.8, 4) is 0 Å². The predicted octanol–water partition coefficient (Wildman–Crippen LogP) is 2.05. The lowest BCUT2D eigenvalue weighted by molar-refractivity contribution is 1.16. The number of anilines is 4. The summed E-state index contributed by atoms with van der Waals surface area (Å²) in [5.41, 5.74) is 21.4. The Hall–Kier alpha value is -2.36. The van der Waals surface area contributed by atoms with Gasteiger partial charge in [-0.2, -0.15) is 0 Å². The highest BCUT2D eigenvalue weighted by Gasteiger charge is 2.02. The molecule has 7 N–H and O–H groups in total. The second-order valence-corrected chi connectivity index (χ2v) is 3.89. The average molecular weight is 228 g/mol. The zero-order valence-electron chi connectivity index (χ0n) is 9.48. The molecule has 2 rings (SSSR count). The van der Waals surface area contributed by atoms with E-state index in [9.17, 15) is 0 Å². The predicted molar refractivity (Wildman–Crippen MR) is 73.4 cm³/mol. The van der Waals surface area contributed by atoms with Gasteiger partial charge >= 0.3 is 0 Å². The van der Waals surface area contributed by atoms with Crippen molar-refractivity contribution in [2.75, 3.05) is 22.5 Å². The molecule has 0 bridgehead atoms. The Balaban J connectivity index is 2.10. The molecule has 2 aromatic carbocycles. The van der Waals surface area contributed by atoms with Crippen LogP contribution in [-0.2, 0) is 6.54 Å². The monoisotopic (exact) mass is 228 g/mol. The van der Waals surface area contributed by atoms with Gasteiger partial charge in [0.25, 0.3) is 0 Å². The maximum absolute atomic E-state index is 5.87. The van der Waals surface area contributed by atoms with Gasteiger partial charge in [-0.3, -0.25) is 0 Å².